The van der Waals surface area contributed by atoms with E-state index in [1.807, 2.05) is 54.7 Å². The highest BCUT2D eigenvalue weighted by Crippen LogP contribution is 2.16. The average Bonchev–Trinajstić information content (AvgIpc) is 4.00. The lowest BCUT2D eigenvalue weighted by atomic mass is 10.1. The van der Waals surface area contributed by atoms with E-state index in [0.717, 1.165) is 79.9 Å². The molecule has 2 aromatic carbocycles. The van der Waals surface area contributed by atoms with E-state index in [1.54, 1.807) is 52.1 Å². The van der Waals surface area contributed by atoms with Gasteiger partial charge in [0.2, 0.25) is 5.95 Å². The van der Waals surface area contributed by atoms with Crippen molar-refractivity contribution in [3.8, 4) is 23.8 Å². The highest BCUT2D eigenvalue weighted by atomic mass is 35.5. The van der Waals surface area contributed by atoms with E-state index in [4.69, 9.17) is 37.6 Å². The maximum atomic E-state index is 12.2. The van der Waals surface area contributed by atoms with Crippen LogP contribution in [0, 0.1) is 12.3 Å². The summed E-state index contributed by atoms with van der Waals surface area (Å²) in [6, 6.07) is 15.7. The molecular formula is C45H61ClN12O6. The molecule has 18 nitrogen and oxygen atoms in total. The summed E-state index contributed by atoms with van der Waals surface area (Å²) >= 11 is 0. The molecule has 0 aliphatic carbocycles. The number of unbranched alkanes of at least 4 members (excludes halogenated alkanes) is 1. The number of nitrogens with one attached hydrogen (secondary N) is 1. The van der Waals surface area contributed by atoms with Crippen LogP contribution in [-0.2, 0) is 53.0 Å². The molecule has 0 aliphatic rings. The number of carbonyl (C=O) groups is 3. The summed E-state index contributed by atoms with van der Waals surface area (Å²) in [5, 5.41) is 11.4. The Labute approximate surface area is 380 Å². The van der Waals surface area contributed by atoms with Gasteiger partial charge >= 0.3 is 6.09 Å². The van der Waals surface area contributed by atoms with Crippen molar-refractivity contribution >= 4 is 42.0 Å². The number of aryl methyl sites for hydroxylation is 5. The summed E-state index contributed by atoms with van der Waals surface area (Å²) in [4.78, 5) is 48.8. The fourth-order valence-electron chi connectivity index (χ4n) is 5.90. The van der Waals surface area contributed by atoms with Gasteiger partial charge in [0.15, 0.2) is 11.7 Å². The van der Waals surface area contributed by atoms with Gasteiger partial charge in [-0.15, -0.1) is 29.8 Å². The zero-order valence-corrected chi connectivity index (χ0v) is 38.2. The van der Waals surface area contributed by atoms with E-state index in [2.05, 4.69) is 41.2 Å². The van der Waals surface area contributed by atoms with Crippen LogP contribution < -0.4 is 20.9 Å². The molecular weight excluding hydrogens is 840 g/mol. The first-order valence-electron chi connectivity index (χ1n) is 20.7. The molecule has 5 rings (SSSR count). The van der Waals surface area contributed by atoms with Crippen molar-refractivity contribution in [2.75, 3.05) is 32.2 Å². The van der Waals surface area contributed by atoms with Gasteiger partial charge in [0.1, 0.15) is 29.4 Å². The zero-order chi connectivity index (χ0) is 46.0. The molecule has 0 bridgehead atoms. The molecule has 0 radical (unpaired) electrons. The van der Waals surface area contributed by atoms with Gasteiger partial charge < -0.3 is 30.7 Å². The van der Waals surface area contributed by atoms with Crippen molar-refractivity contribution < 1.29 is 28.6 Å². The number of terminal acetylenes is 1. The minimum absolute atomic E-state index is 0. The average molecular weight is 902 g/mol. The number of aromatic amines is 1. The number of Topliss-reactive ketones (excluding diaryl/α,β-unsaturated/α-hetero) is 2. The summed E-state index contributed by atoms with van der Waals surface area (Å²) in [5.41, 5.74) is 23.8. The van der Waals surface area contributed by atoms with Crippen LogP contribution in [0.2, 0.25) is 0 Å². The predicted molar refractivity (Wildman–Crippen MR) is 248 cm³/mol. The summed E-state index contributed by atoms with van der Waals surface area (Å²) in [7, 11) is 3.28. The number of methoxy groups -OCH3 is 2. The quantitative estimate of drug-likeness (QED) is 0.0209. The second-order valence-corrected chi connectivity index (χ2v) is 15.4. The van der Waals surface area contributed by atoms with Crippen LogP contribution in [0.25, 0.3) is 10.4 Å². The molecule has 0 amide bonds. The Kier molecular flexibility index (Phi) is 23.9. The molecule has 0 atom stereocenters. The lowest BCUT2D eigenvalue weighted by Crippen LogP contribution is -2.27. The summed E-state index contributed by atoms with van der Waals surface area (Å²) in [6.07, 6.45) is 18.9. The molecule has 344 valence electrons. The highest BCUT2D eigenvalue weighted by molar-refractivity contribution is 5.85. The van der Waals surface area contributed by atoms with Gasteiger partial charge in [0.05, 0.1) is 38.3 Å². The number of nitrogens with zero attached hydrogens (tertiary/aromatic N) is 9. The van der Waals surface area contributed by atoms with Crippen LogP contribution in [0.15, 0.2) is 72.2 Å². The molecule has 0 unspecified atom stereocenters. The number of hydrogen-bond donors (Lipinski definition) is 3. The lowest BCUT2D eigenvalue weighted by molar-refractivity contribution is -0.120. The van der Waals surface area contributed by atoms with Crippen LogP contribution in [0.4, 0.5) is 16.7 Å². The number of azide groups is 1. The normalized spacial score (nSPS) is 10.4. The molecule has 5 N–H and O–H groups in total. The number of imidazole rings is 2. The Morgan fingerprint density at radius 3 is 1.97 bits per heavy atom. The predicted octanol–water partition coefficient (Wildman–Crippen LogP) is 7.88. The monoisotopic (exact) mass is 900 g/mol. The molecule has 3 aromatic heterocycles. The van der Waals surface area contributed by atoms with E-state index in [1.165, 1.54) is 15.7 Å². The number of H-pyrrole nitrogens is 1. The largest absolute Gasteiger partial charge is 0.497 e. The van der Waals surface area contributed by atoms with E-state index < -0.39 is 11.7 Å². The van der Waals surface area contributed by atoms with Gasteiger partial charge in [-0.25, -0.2) is 24.0 Å². The number of aromatic nitrogens is 7. The van der Waals surface area contributed by atoms with Crippen LogP contribution in [0.5, 0.6) is 11.5 Å². The summed E-state index contributed by atoms with van der Waals surface area (Å²) < 4.78 is 18.3. The fourth-order valence-corrected chi connectivity index (χ4v) is 5.90. The number of nitrogens with two attached hydrogens (primary N) is 2. The van der Waals surface area contributed by atoms with Gasteiger partial charge in [-0.3, -0.25) is 9.59 Å². The number of rotatable bonds is 21. The number of carbonyl (C=O) groups excluding carboxylic acids is 3. The van der Waals surface area contributed by atoms with E-state index >= 15 is 0 Å². The van der Waals surface area contributed by atoms with Gasteiger partial charge in [-0.05, 0) is 119 Å². The zero-order valence-electron chi connectivity index (χ0n) is 37.4. The Hall–Kier alpha value is -6.83. The highest BCUT2D eigenvalue weighted by Gasteiger charge is 2.20. The number of hydrogen-bond acceptors (Lipinski definition) is 13. The summed E-state index contributed by atoms with van der Waals surface area (Å²) in [5.74, 6) is 4.95. The minimum Gasteiger partial charge on any atom is -0.497 e. The first-order valence-corrected chi connectivity index (χ1v) is 20.7. The Balaban J connectivity index is 0.000000344. The smallest absolute Gasteiger partial charge is 0.421 e. The maximum Gasteiger partial charge on any atom is 0.421 e. The first kappa shape index (κ1) is 53.3. The number of benzene rings is 2. The molecule has 3 heterocycles. The number of anilines is 2. The third-order valence-corrected chi connectivity index (χ3v) is 9.05. The molecule has 0 fully saturated rings. The van der Waals surface area contributed by atoms with E-state index in [0.29, 0.717) is 31.6 Å². The van der Waals surface area contributed by atoms with Crippen molar-refractivity contribution in [3.05, 3.63) is 106 Å². The second-order valence-electron chi connectivity index (χ2n) is 15.4. The van der Waals surface area contributed by atoms with E-state index in [-0.39, 0.29) is 43.0 Å². The van der Waals surface area contributed by atoms with Gasteiger partial charge in [0, 0.05) is 42.3 Å². The fraction of sp³-hybridized carbons (Fsp3) is 0.444. The molecule has 0 saturated carbocycles. The van der Waals surface area contributed by atoms with Crippen molar-refractivity contribution in [2.24, 2.45) is 5.11 Å². The number of ether oxygens (including phenoxy) is 3. The number of halogens is 1. The topological polar surface area (TPSA) is 257 Å². The maximum absolute atomic E-state index is 12.2. The third kappa shape index (κ3) is 21.3. The second kappa shape index (κ2) is 28.7. The van der Waals surface area contributed by atoms with Crippen LogP contribution >= 0.6 is 12.4 Å². The van der Waals surface area contributed by atoms with Crippen molar-refractivity contribution in [1.82, 2.24) is 34.5 Å². The number of nitrogen functional groups attached to an aromatic ring is 2. The molecule has 0 aliphatic heterocycles. The molecule has 0 spiro atoms. The van der Waals surface area contributed by atoms with Crippen molar-refractivity contribution in [1.29, 1.82) is 0 Å². The Bertz CT molecular complexity index is 2250. The molecule has 19 heteroatoms. The SMILES string of the molecule is C#CCCCc1cn(C(=O)OC(C)(C)C)c(N)n1.COc1ccc(CCCC(=O)CN=[N+]=[N-])cc1.COc1ccc(CCCC(=O)Cn2cc(CCCc3cnc(N)[nH]3)nn2)cc1.Cl. The lowest BCUT2D eigenvalue weighted by Gasteiger charge is -2.19. The Morgan fingerprint density at radius 1 is 0.844 bits per heavy atom. The van der Waals surface area contributed by atoms with Crippen molar-refractivity contribution in [2.45, 2.75) is 110 Å². The molecule has 64 heavy (non-hydrogen) atoms. The third-order valence-electron chi connectivity index (χ3n) is 9.05. The van der Waals surface area contributed by atoms with Gasteiger partial charge in [-0.1, -0.05) is 34.6 Å². The Morgan fingerprint density at radius 2 is 1.44 bits per heavy atom. The molecule has 0 saturated heterocycles. The van der Waals surface area contributed by atoms with Gasteiger partial charge in [-0.2, -0.15) is 0 Å². The minimum atomic E-state index is -0.558. The van der Waals surface area contributed by atoms with E-state index in [9.17, 15) is 14.4 Å². The van der Waals surface area contributed by atoms with Gasteiger partial charge in [0.25, 0.3) is 0 Å². The van der Waals surface area contributed by atoms with Crippen molar-refractivity contribution in [3.63, 3.8) is 0 Å². The molecule has 5 aromatic rings. The summed E-state index contributed by atoms with van der Waals surface area (Å²) in [6.45, 7) is 5.62. The van der Waals surface area contributed by atoms with Crippen LogP contribution in [0.3, 0.4) is 0 Å². The van der Waals surface area contributed by atoms with Crippen LogP contribution in [0.1, 0.15) is 93.9 Å². The first-order chi connectivity index (χ1) is 30.2. The van der Waals surface area contributed by atoms with Crippen LogP contribution in [-0.4, -0.2) is 78.5 Å². The standard InChI is InChI=1S/C20H26N6O2.C13H19N3O2.C12H15N3O2.ClH/c1-28-19-10-8-15(9-11-19)4-2-7-18(27)14-26-13-17(24-25-26)6-3-5-16-12-22-20(21)23-16;1-5-6-7-8-10-9-16(11(14)15-10)12(17)18-13(2,3)4;1-17-12-7-5-10(6-8-12)3-2-4-11(16)9-14-15-13;/h8-13H,2-7,14H2,1H3,(H3,21,22,23);1,9H,6-8H2,2-4H3,(H2,14,15);5-8H,2-4,9H2,1H3;1H. The number of ketones is 2.